The highest BCUT2D eigenvalue weighted by Gasteiger charge is 2.37. The minimum atomic E-state index is -0.376. The van der Waals surface area contributed by atoms with Crippen molar-refractivity contribution in [2.75, 3.05) is 0 Å². The van der Waals surface area contributed by atoms with Crippen LogP contribution in [0.15, 0.2) is 89.3 Å². The van der Waals surface area contributed by atoms with Crippen molar-refractivity contribution in [3.05, 3.63) is 101 Å². The zero-order chi connectivity index (χ0) is 21.2. The minimum Gasteiger partial charge on any atom is -0.508 e. The molecule has 4 heterocycles. The molecule has 1 amide bonds. The molecule has 2 unspecified atom stereocenters. The molecular weight excluding hydrogens is 408 g/mol. The third-order valence-corrected chi connectivity index (χ3v) is 6.74. The van der Waals surface area contributed by atoms with Gasteiger partial charge >= 0.3 is 0 Å². The van der Waals surface area contributed by atoms with E-state index in [0.29, 0.717) is 16.9 Å². The molecule has 5 rings (SSSR count). The van der Waals surface area contributed by atoms with Crippen LogP contribution >= 0.6 is 11.8 Å². The average Bonchev–Trinajstić information content (AvgIpc) is 3.48. The molecule has 0 bridgehead atoms. The van der Waals surface area contributed by atoms with E-state index < -0.39 is 0 Å². The van der Waals surface area contributed by atoms with E-state index in [1.165, 1.54) is 16.8 Å². The third-order valence-electron chi connectivity index (χ3n) is 5.42. The molecule has 2 aromatic heterocycles. The normalized spacial score (nSPS) is 20.5. The summed E-state index contributed by atoms with van der Waals surface area (Å²) in [4.78, 5) is 22.8. The van der Waals surface area contributed by atoms with Gasteiger partial charge in [-0.3, -0.25) is 14.8 Å². The number of benzene rings is 1. The first kappa shape index (κ1) is 19.5. The molecule has 0 radical (unpaired) electrons. The zero-order valence-electron chi connectivity index (χ0n) is 16.6. The van der Waals surface area contributed by atoms with Gasteiger partial charge in [0.05, 0.1) is 27.6 Å². The Bertz CT molecular complexity index is 1160. The first-order valence-corrected chi connectivity index (χ1v) is 11.0. The number of rotatable bonds is 4. The number of aromatic hydroxyl groups is 1. The zero-order valence-corrected chi connectivity index (χ0v) is 17.4. The van der Waals surface area contributed by atoms with Gasteiger partial charge in [-0.1, -0.05) is 36.4 Å². The van der Waals surface area contributed by atoms with Gasteiger partial charge in [-0.2, -0.15) is 5.10 Å². The smallest absolute Gasteiger partial charge is 0.280 e. The summed E-state index contributed by atoms with van der Waals surface area (Å²) in [7, 11) is 0. The monoisotopic (exact) mass is 428 g/mol. The number of nitrogens with zero attached hydrogens (tertiary/aromatic N) is 4. The topological polar surface area (TPSA) is 78.7 Å². The predicted octanol–water partition coefficient (Wildman–Crippen LogP) is 4.62. The van der Waals surface area contributed by atoms with Gasteiger partial charge in [0.25, 0.3) is 5.91 Å². The molecule has 2 aliphatic rings. The van der Waals surface area contributed by atoms with Gasteiger partial charge in [-0.25, -0.2) is 5.01 Å². The number of amides is 1. The SMILES string of the molecule is O=C(C1=CCC(c2ccccn2)S1)N1N=C(c2cccnc2)CC1c1ccccc1O. The summed E-state index contributed by atoms with van der Waals surface area (Å²) in [5.74, 6) is 0.00271. The number of para-hydroxylation sites is 1. The summed E-state index contributed by atoms with van der Waals surface area (Å²) in [5, 5.41) is 16.8. The van der Waals surface area contributed by atoms with E-state index in [0.717, 1.165) is 23.4 Å². The number of hydrogen-bond acceptors (Lipinski definition) is 6. The largest absolute Gasteiger partial charge is 0.508 e. The second-order valence-corrected chi connectivity index (χ2v) is 8.63. The lowest BCUT2D eigenvalue weighted by atomic mass is 9.98. The molecule has 7 heteroatoms. The second kappa shape index (κ2) is 8.35. The minimum absolute atomic E-state index is 0.119. The first-order chi connectivity index (χ1) is 15.2. The van der Waals surface area contributed by atoms with Crippen LogP contribution in [0.1, 0.15) is 41.0 Å². The molecule has 6 nitrogen and oxygen atoms in total. The van der Waals surface area contributed by atoms with E-state index >= 15 is 0 Å². The Hall–Kier alpha value is -3.45. The molecule has 0 fully saturated rings. The number of carbonyl (C=O) groups excluding carboxylic acids is 1. The van der Waals surface area contributed by atoms with Crippen LogP contribution < -0.4 is 0 Å². The number of hydrogen-bond donors (Lipinski definition) is 1. The fraction of sp³-hybridized carbons (Fsp3) is 0.167. The summed E-state index contributed by atoms with van der Waals surface area (Å²) in [6.07, 6.45) is 8.45. The number of phenols is 1. The summed E-state index contributed by atoms with van der Waals surface area (Å²) >= 11 is 1.52. The molecule has 0 spiro atoms. The summed E-state index contributed by atoms with van der Waals surface area (Å²) in [5.41, 5.74) is 3.30. The number of carbonyl (C=O) groups is 1. The number of allylic oxidation sites excluding steroid dienone is 1. The van der Waals surface area contributed by atoms with E-state index in [1.54, 1.807) is 30.7 Å². The number of phenolic OH excluding ortho intramolecular Hbond substituents is 1. The molecule has 3 aromatic rings. The molecular formula is C24H20N4O2S. The van der Waals surface area contributed by atoms with Crippen LogP contribution in [0.4, 0.5) is 0 Å². The molecule has 154 valence electrons. The number of hydrazone groups is 1. The van der Waals surface area contributed by atoms with Gasteiger partial charge in [-0.05, 0) is 30.7 Å². The Labute approximate surface area is 184 Å². The third kappa shape index (κ3) is 3.84. The molecule has 2 aliphatic heterocycles. The van der Waals surface area contributed by atoms with Crippen molar-refractivity contribution in [3.8, 4) is 5.75 Å². The standard InChI is InChI=1S/C24H20N4O2S/c29-21-9-2-1-7-17(21)20-14-19(16-6-5-12-25-15-16)27-28(20)24(30)23-11-10-22(31-23)18-8-3-4-13-26-18/h1-9,11-13,15,20,22,29H,10,14H2. The quantitative estimate of drug-likeness (QED) is 0.656. The van der Waals surface area contributed by atoms with Crippen LogP contribution in [-0.2, 0) is 4.79 Å². The highest BCUT2D eigenvalue weighted by Crippen LogP contribution is 2.46. The van der Waals surface area contributed by atoms with Crippen molar-refractivity contribution >= 4 is 23.4 Å². The molecule has 2 atom stereocenters. The Balaban J connectivity index is 1.44. The molecule has 0 saturated heterocycles. The summed E-state index contributed by atoms with van der Waals surface area (Å²) in [6, 6.07) is 16.4. The van der Waals surface area contributed by atoms with Crippen LogP contribution in [0.3, 0.4) is 0 Å². The Morgan fingerprint density at radius 2 is 1.94 bits per heavy atom. The van der Waals surface area contributed by atoms with E-state index in [2.05, 4.69) is 15.1 Å². The van der Waals surface area contributed by atoms with Crippen molar-refractivity contribution in [2.45, 2.75) is 24.1 Å². The first-order valence-electron chi connectivity index (χ1n) is 10.1. The predicted molar refractivity (Wildman–Crippen MR) is 120 cm³/mol. The van der Waals surface area contributed by atoms with Gasteiger partial charge in [0, 0.05) is 36.1 Å². The Kier molecular flexibility index (Phi) is 5.26. The Morgan fingerprint density at radius 3 is 2.71 bits per heavy atom. The second-order valence-electron chi connectivity index (χ2n) is 7.38. The maximum Gasteiger partial charge on any atom is 0.280 e. The number of thioether (sulfide) groups is 1. The van der Waals surface area contributed by atoms with Crippen molar-refractivity contribution < 1.29 is 9.90 Å². The van der Waals surface area contributed by atoms with Crippen LogP contribution in [0, 0.1) is 0 Å². The highest BCUT2D eigenvalue weighted by atomic mass is 32.2. The van der Waals surface area contributed by atoms with Crippen molar-refractivity contribution in [1.29, 1.82) is 0 Å². The maximum atomic E-state index is 13.5. The van der Waals surface area contributed by atoms with E-state index in [9.17, 15) is 9.90 Å². The molecule has 1 N–H and O–H groups in total. The molecule has 0 aliphatic carbocycles. The molecule has 31 heavy (non-hydrogen) atoms. The van der Waals surface area contributed by atoms with Crippen LogP contribution in [0.5, 0.6) is 5.75 Å². The van der Waals surface area contributed by atoms with Crippen molar-refractivity contribution in [2.24, 2.45) is 5.10 Å². The van der Waals surface area contributed by atoms with Gasteiger partial charge in [0.15, 0.2) is 0 Å². The number of pyridine rings is 2. The molecule has 1 aromatic carbocycles. The Morgan fingerprint density at radius 1 is 1.06 bits per heavy atom. The summed E-state index contributed by atoms with van der Waals surface area (Å²) in [6.45, 7) is 0. The summed E-state index contributed by atoms with van der Waals surface area (Å²) < 4.78 is 0. The molecule has 0 saturated carbocycles. The fourth-order valence-corrected chi connectivity index (χ4v) is 5.02. The van der Waals surface area contributed by atoms with E-state index in [1.807, 2.05) is 48.5 Å². The van der Waals surface area contributed by atoms with Crippen LogP contribution in [0.25, 0.3) is 0 Å². The lowest BCUT2D eigenvalue weighted by molar-refractivity contribution is -0.128. The average molecular weight is 429 g/mol. The fourth-order valence-electron chi connectivity index (χ4n) is 3.88. The number of aromatic nitrogens is 2. The van der Waals surface area contributed by atoms with Crippen LogP contribution in [0.2, 0.25) is 0 Å². The van der Waals surface area contributed by atoms with Crippen molar-refractivity contribution in [3.63, 3.8) is 0 Å². The van der Waals surface area contributed by atoms with Gasteiger partial charge < -0.3 is 5.11 Å². The van der Waals surface area contributed by atoms with Gasteiger partial charge in [0.2, 0.25) is 0 Å². The van der Waals surface area contributed by atoms with Gasteiger partial charge in [-0.15, -0.1) is 11.8 Å². The van der Waals surface area contributed by atoms with E-state index in [4.69, 9.17) is 0 Å². The van der Waals surface area contributed by atoms with Crippen molar-refractivity contribution in [1.82, 2.24) is 15.0 Å². The maximum absolute atomic E-state index is 13.5. The van der Waals surface area contributed by atoms with Crippen LogP contribution in [-0.4, -0.2) is 31.7 Å². The lowest BCUT2D eigenvalue weighted by Crippen LogP contribution is -2.27. The van der Waals surface area contributed by atoms with Gasteiger partial charge in [0.1, 0.15) is 5.75 Å². The van der Waals surface area contributed by atoms with E-state index in [-0.39, 0.29) is 22.9 Å². The highest BCUT2D eigenvalue weighted by molar-refractivity contribution is 8.04. The lowest BCUT2D eigenvalue weighted by Gasteiger charge is -2.23.